The van der Waals surface area contributed by atoms with Gasteiger partial charge in [-0.25, -0.2) is 9.80 Å². The molecule has 0 heterocycles. The molecule has 5 nitrogen and oxygen atoms in total. The molecule has 0 saturated carbocycles. The molecule has 23 heavy (non-hydrogen) atoms. The standard InChI is InChI=1S/C13H14Cl2F3N3O2/c1-7(2)23-11-5-8(14)10(4-9(11)15)20-12(22)21(3)19-6-13(16,17)18/h4-7H,1-3H3,(H,20,22)/b19-6+. The summed E-state index contributed by atoms with van der Waals surface area (Å²) in [6.45, 7) is 3.60. The van der Waals surface area contributed by atoms with E-state index >= 15 is 0 Å². The number of rotatable bonds is 4. The smallest absolute Gasteiger partial charge is 0.428 e. The molecule has 0 aliphatic carbocycles. The topological polar surface area (TPSA) is 53.9 Å². The minimum atomic E-state index is -4.62. The number of halogens is 5. The molecule has 1 aromatic carbocycles. The SMILES string of the molecule is CC(C)Oc1cc(Cl)c(NC(=O)N(C)/N=C/C(F)(F)F)cc1Cl. The number of carbonyl (C=O) groups excluding carboxylic acids is 1. The van der Waals surface area contributed by atoms with Crippen LogP contribution in [-0.4, -0.2) is 36.6 Å². The number of urea groups is 1. The zero-order valence-corrected chi connectivity index (χ0v) is 13.9. The normalized spacial score (nSPS) is 11.9. The highest BCUT2D eigenvalue weighted by molar-refractivity contribution is 6.36. The van der Waals surface area contributed by atoms with Crippen LogP contribution in [0.4, 0.5) is 23.7 Å². The Bertz CT molecular complexity index is 607. The Morgan fingerprint density at radius 3 is 2.48 bits per heavy atom. The second-order valence-corrected chi connectivity index (χ2v) is 5.48. The van der Waals surface area contributed by atoms with E-state index in [1.54, 1.807) is 13.8 Å². The molecule has 1 rings (SSSR count). The summed E-state index contributed by atoms with van der Waals surface area (Å²) in [5.41, 5.74) is 0.117. The van der Waals surface area contributed by atoms with E-state index in [2.05, 4.69) is 10.4 Å². The Morgan fingerprint density at radius 2 is 1.96 bits per heavy atom. The molecule has 0 aromatic heterocycles. The summed E-state index contributed by atoms with van der Waals surface area (Å²) in [5.74, 6) is 0.327. The highest BCUT2D eigenvalue weighted by Crippen LogP contribution is 2.34. The van der Waals surface area contributed by atoms with Crippen LogP contribution in [0.25, 0.3) is 0 Å². The summed E-state index contributed by atoms with van der Waals surface area (Å²) >= 11 is 12.0. The highest BCUT2D eigenvalue weighted by atomic mass is 35.5. The number of carbonyl (C=O) groups is 1. The van der Waals surface area contributed by atoms with Crippen molar-refractivity contribution in [1.29, 1.82) is 0 Å². The number of benzene rings is 1. The van der Waals surface area contributed by atoms with Crippen LogP contribution < -0.4 is 10.1 Å². The molecule has 0 atom stereocenters. The van der Waals surface area contributed by atoms with Crippen molar-refractivity contribution >= 4 is 41.1 Å². The van der Waals surface area contributed by atoms with Crippen molar-refractivity contribution in [3.63, 3.8) is 0 Å². The maximum atomic E-state index is 12.0. The van der Waals surface area contributed by atoms with Crippen LogP contribution in [-0.2, 0) is 0 Å². The number of nitrogens with zero attached hydrogens (tertiary/aromatic N) is 2. The van der Waals surface area contributed by atoms with E-state index in [0.29, 0.717) is 10.8 Å². The molecular formula is C13H14Cl2F3N3O2. The molecule has 0 aliphatic rings. The van der Waals surface area contributed by atoms with Gasteiger partial charge in [0.15, 0.2) is 0 Å². The van der Waals surface area contributed by atoms with Crippen LogP contribution in [0.5, 0.6) is 5.75 Å². The summed E-state index contributed by atoms with van der Waals surface area (Å²) < 4.78 is 41.5. The van der Waals surface area contributed by atoms with Crippen LogP contribution in [0.15, 0.2) is 17.2 Å². The van der Waals surface area contributed by atoms with E-state index in [9.17, 15) is 18.0 Å². The Labute approximate surface area is 141 Å². The van der Waals surface area contributed by atoms with Crippen molar-refractivity contribution in [3.05, 3.63) is 22.2 Å². The monoisotopic (exact) mass is 371 g/mol. The van der Waals surface area contributed by atoms with E-state index < -0.39 is 12.2 Å². The molecule has 128 valence electrons. The van der Waals surface area contributed by atoms with Crippen molar-refractivity contribution in [1.82, 2.24) is 5.01 Å². The van der Waals surface area contributed by atoms with Gasteiger partial charge in [0.05, 0.1) is 21.8 Å². The fourth-order valence-electron chi connectivity index (χ4n) is 1.37. The number of anilines is 1. The third-order valence-electron chi connectivity index (χ3n) is 2.30. The van der Waals surface area contributed by atoms with E-state index in [0.717, 1.165) is 7.05 Å². The fraction of sp³-hybridized carbons (Fsp3) is 0.385. The lowest BCUT2D eigenvalue weighted by atomic mass is 10.3. The van der Waals surface area contributed by atoms with E-state index in [1.165, 1.54) is 12.1 Å². The van der Waals surface area contributed by atoms with Crippen molar-refractivity contribution in [2.75, 3.05) is 12.4 Å². The molecule has 0 bridgehead atoms. The van der Waals surface area contributed by atoms with Crippen molar-refractivity contribution in [2.24, 2.45) is 5.10 Å². The largest absolute Gasteiger partial charge is 0.489 e. The second kappa shape index (κ2) is 7.74. The molecule has 0 aliphatic heterocycles. The van der Waals surface area contributed by atoms with Crippen LogP contribution in [0.1, 0.15) is 13.8 Å². The van der Waals surface area contributed by atoms with Gasteiger partial charge >= 0.3 is 12.2 Å². The summed E-state index contributed by atoms with van der Waals surface area (Å²) in [7, 11) is 1.06. The van der Waals surface area contributed by atoms with Gasteiger partial charge in [-0.05, 0) is 19.9 Å². The van der Waals surface area contributed by atoms with Gasteiger partial charge in [-0.15, -0.1) is 0 Å². The van der Waals surface area contributed by atoms with Gasteiger partial charge in [-0.2, -0.15) is 18.3 Å². The molecule has 0 radical (unpaired) electrons. The zero-order valence-electron chi connectivity index (χ0n) is 12.4. The van der Waals surface area contributed by atoms with Crippen molar-refractivity contribution < 1.29 is 22.7 Å². The number of hydrazone groups is 1. The number of amides is 2. The van der Waals surface area contributed by atoms with Gasteiger partial charge in [0.25, 0.3) is 0 Å². The summed E-state index contributed by atoms with van der Waals surface area (Å²) in [4.78, 5) is 11.8. The Morgan fingerprint density at radius 1 is 1.35 bits per heavy atom. The quantitative estimate of drug-likeness (QED) is 0.610. The molecule has 0 fully saturated rings. The predicted octanol–water partition coefficient (Wildman–Crippen LogP) is 4.79. The fourth-order valence-corrected chi connectivity index (χ4v) is 1.78. The third kappa shape index (κ3) is 6.54. The van der Waals surface area contributed by atoms with E-state index in [-0.39, 0.29) is 28.1 Å². The second-order valence-electron chi connectivity index (χ2n) is 4.67. The minimum Gasteiger partial charge on any atom is -0.489 e. The first-order chi connectivity index (χ1) is 10.5. The molecular weight excluding hydrogens is 358 g/mol. The molecule has 0 unspecified atom stereocenters. The van der Waals surface area contributed by atoms with Crippen molar-refractivity contribution in [2.45, 2.75) is 26.1 Å². The molecule has 1 aromatic rings. The number of hydrogen-bond donors (Lipinski definition) is 1. The number of alkyl halides is 3. The lowest BCUT2D eigenvalue weighted by molar-refractivity contribution is -0.0544. The molecule has 1 N–H and O–H groups in total. The molecule has 2 amide bonds. The lowest BCUT2D eigenvalue weighted by Crippen LogP contribution is -2.28. The Hall–Kier alpha value is -1.67. The maximum Gasteiger partial charge on any atom is 0.428 e. The first-order valence-corrected chi connectivity index (χ1v) is 7.07. The molecule has 10 heteroatoms. The molecule has 0 spiro atoms. The average Bonchev–Trinajstić information content (AvgIpc) is 2.40. The number of hydrogen-bond acceptors (Lipinski definition) is 3. The summed E-state index contributed by atoms with van der Waals surface area (Å²) in [5, 5.41) is 6.07. The van der Waals surface area contributed by atoms with Gasteiger partial charge in [0.2, 0.25) is 0 Å². The van der Waals surface area contributed by atoms with E-state index in [1.807, 2.05) is 0 Å². The number of nitrogens with one attached hydrogen (secondary N) is 1. The maximum absolute atomic E-state index is 12.0. The minimum absolute atomic E-state index is 0.117. The van der Waals surface area contributed by atoms with Gasteiger partial charge in [0, 0.05) is 13.1 Å². The van der Waals surface area contributed by atoms with Gasteiger partial charge in [0.1, 0.15) is 12.0 Å². The Balaban J connectivity index is 2.86. The molecule has 0 saturated heterocycles. The van der Waals surface area contributed by atoms with Gasteiger partial charge in [-0.1, -0.05) is 23.2 Å². The first kappa shape index (κ1) is 19.4. The summed E-state index contributed by atoms with van der Waals surface area (Å²) in [6.07, 6.45) is -5.06. The predicted molar refractivity (Wildman–Crippen MR) is 83.6 cm³/mol. The lowest BCUT2D eigenvalue weighted by Gasteiger charge is -2.16. The van der Waals surface area contributed by atoms with Crippen molar-refractivity contribution in [3.8, 4) is 5.75 Å². The third-order valence-corrected chi connectivity index (χ3v) is 2.91. The number of ether oxygens (including phenoxy) is 1. The van der Waals surface area contributed by atoms with Crippen LogP contribution in [0.3, 0.4) is 0 Å². The van der Waals surface area contributed by atoms with Crippen LogP contribution in [0, 0.1) is 0 Å². The van der Waals surface area contributed by atoms with Crippen LogP contribution in [0.2, 0.25) is 10.0 Å². The van der Waals surface area contributed by atoms with Gasteiger partial charge < -0.3 is 10.1 Å². The van der Waals surface area contributed by atoms with Crippen LogP contribution >= 0.6 is 23.2 Å². The average molecular weight is 372 g/mol. The van der Waals surface area contributed by atoms with Gasteiger partial charge in [-0.3, -0.25) is 0 Å². The summed E-state index contributed by atoms with van der Waals surface area (Å²) in [6, 6.07) is 1.82. The first-order valence-electron chi connectivity index (χ1n) is 6.32. The van der Waals surface area contributed by atoms with E-state index in [4.69, 9.17) is 27.9 Å². The highest BCUT2D eigenvalue weighted by Gasteiger charge is 2.25. The zero-order chi connectivity index (χ0) is 17.8. The Kier molecular flexibility index (Phi) is 6.52.